The second-order valence-electron chi connectivity index (χ2n) is 4.97. The Morgan fingerprint density at radius 3 is 2.94 bits per heavy atom. The quantitative estimate of drug-likeness (QED) is 0.709. The summed E-state index contributed by atoms with van der Waals surface area (Å²) in [5.41, 5.74) is 0.513. The van der Waals surface area contributed by atoms with Gasteiger partial charge in [-0.25, -0.2) is 4.39 Å². The van der Waals surface area contributed by atoms with Crippen molar-refractivity contribution in [3.05, 3.63) is 41.7 Å². The van der Waals surface area contributed by atoms with Crippen molar-refractivity contribution in [2.45, 2.75) is 31.8 Å². The third-order valence-corrected chi connectivity index (χ3v) is 3.74. The first-order chi connectivity index (χ1) is 8.74. The molecule has 0 amide bonds. The zero-order valence-electron chi connectivity index (χ0n) is 10.1. The largest absolute Gasteiger partial charge is 0.489 e. The Morgan fingerprint density at radius 2 is 2.17 bits per heavy atom. The van der Waals surface area contributed by atoms with Gasteiger partial charge >= 0.3 is 0 Å². The van der Waals surface area contributed by atoms with E-state index >= 15 is 0 Å². The maximum Gasteiger partial charge on any atom is 0.170 e. The molecule has 1 aliphatic carbocycles. The van der Waals surface area contributed by atoms with Crippen molar-refractivity contribution in [3.63, 3.8) is 0 Å². The Bertz CT molecular complexity index is 507. The summed E-state index contributed by atoms with van der Waals surface area (Å²) in [6, 6.07) is 4.14. The Kier molecular flexibility index (Phi) is 2.90. The van der Waals surface area contributed by atoms with Gasteiger partial charge < -0.3 is 4.74 Å². The lowest BCUT2D eigenvalue weighted by Gasteiger charge is -2.32. The molecule has 18 heavy (non-hydrogen) atoms. The Labute approximate surface area is 105 Å². The summed E-state index contributed by atoms with van der Waals surface area (Å²) in [6.45, 7) is 0. The van der Waals surface area contributed by atoms with Gasteiger partial charge in [0.1, 0.15) is 17.7 Å². The first kappa shape index (κ1) is 11.5. The predicted molar refractivity (Wildman–Crippen MR) is 66.2 cm³/mol. The van der Waals surface area contributed by atoms with Crippen molar-refractivity contribution < 1.29 is 13.9 Å². The van der Waals surface area contributed by atoms with Gasteiger partial charge in [0, 0.05) is 18.4 Å². The first-order valence-corrected chi connectivity index (χ1v) is 6.38. The van der Waals surface area contributed by atoms with E-state index in [9.17, 15) is 9.18 Å². The Hall–Kier alpha value is -1.64. The minimum absolute atomic E-state index is 0.0656. The molecule has 0 bridgehead atoms. The SMILES string of the molecule is O=C1CC(C2CC=CCC2)Oc2cc(F)ccc21. The van der Waals surface area contributed by atoms with Gasteiger partial charge in [-0.1, -0.05) is 12.2 Å². The number of rotatable bonds is 1. The number of allylic oxidation sites excluding steroid dienone is 2. The van der Waals surface area contributed by atoms with Gasteiger partial charge in [-0.2, -0.15) is 0 Å². The highest BCUT2D eigenvalue weighted by molar-refractivity contribution is 5.99. The van der Waals surface area contributed by atoms with Crippen LogP contribution in [-0.4, -0.2) is 11.9 Å². The van der Waals surface area contributed by atoms with Crippen LogP contribution in [0.2, 0.25) is 0 Å². The molecule has 0 radical (unpaired) electrons. The molecule has 0 aromatic heterocycles. The topological polar surface area (TPSA) is 26.3 Å². The van der Waals surface area contributed by atoms with Crippen LogP contribution in [0.3, 0.4) is 0 Å². The standard InChI is InChI=1S/C15H15FO2/c16-11-6-7-12-13(17)9-14(18-15(12)8-11)10-4-2-1-3-5-10/h1-2,6-8,10,14H,3-5,9H2. The Balaban J connectivity index is 1.86. The number of hydrogen-bond donors (Lipinski definition) is 0. The fourth-order valence-electron chi connectivity index (χ4n) is 2.74. The van der Waals surface area contributed by atoms with Crippen LogP contribution in [0.4, 0.5) is 4.39 Å². The average molecular weight is 246 g/mol. The van der Waals surface area contributed by atoms with Crippen molar-refractivity contribution >= 4 is 5.78 Å². The number of ether oxygens (including phenoxy) is 1. The number of hydrogen-bond acceptors (Lipinski definition) is 2. The third-order valence-electron chi connectivity index (χ3n) is 3.74. The Morgan fingerprint density at radius 1 is 1.28 bits per heavy atom. The fourth-order valence-corrected chi connectivity index (χ4v) is 2.74. The number of Topliss-reactive ketones (excluding diaryl/α,β-unsaturated/α-hetero) is 1. The summed E-state index contributed by atoms with van der Waals surface area (Å²) in [5.74, 6) is 0.489. The molecular formula is C15H15FO2. The lowest BCUT2D eigenvalue weighted by Crippen LogP contribution is -2.34. The summed E-state index contributed by atoms with van der Waals surface area (Å²) in [4.78, 5) is 12.0. The minimum Gasteiger partial charge on any atom is -0.489 e. The molecule has 2 nitrogen and oxygen atoms in total. The van der Waals surface area contributed by atoms with E-state index < -0.39 is 0 Å². The van der Waals surface area contributed by atoms with Crippen LogP contribution < -0.4 is 4.74 Å². The lowest BCUT2D eigenvalue weighted by atomic mass is 9.85. The van der Waals surface area contributed by atoms with Crippen LogP contribution in [0.15, 0.2) is 30.4 Å². The second kappa shape index (κ2) is 4.56. The van der Waals surface area contributed by atoms with Crippen molar-refractivity contribution in [2.24, 2.45) is 5.92 Å². The first-order valence-electron chi connectivity index (χ1n) is 6.38. The van der Waals surface area contributed by atoms with Crippen LogP contribution in [0.1, 0.15) is 36.0 Å². The van der Waals surface area contributed by atoms with Crippen LogP contribution in [0.5, 0.6) is 5.75 Å². The minimum atomic E-state index is -0.356. The van der Waals surface area contributed by atoms with Gasteiger partial charge in [0.15, 0.2) is 5.78 Å². The van der Waals surface area contributed by atoms with Gasteiger partial charge in [0.05, 0.1) is 5.56 Å². The average Bonchev–Trinajstić information content (AvgIpc) is 2.39. The van der Waals surface area contributed by atoms with E-state index in [-0.39, 0.29) is 17.7 Å². The maximum atomic E-state index is 13.2. The second-order valence-corrected chi connectivity index (χ2v) is 4.97. The molecule has 1 aliphatic heterocycles. The van der Waals surface area contributed by atoms with E-state index in [4.69, 9.17) is 4.74 Å². The molecule has 0 saturated carbocycles. The van der Waals surface area contributed by atoms with Gasteiger partial charge in [-0.15, -0.1) is 0 Å². The van der Waals surface area contributed by atoms with Gasteiger partial charge in [-0.05, 0) is 31.4 Å². The van der Waals surface area contributed by atoms with E-state index in [0.717, 1.165) is 19.3 Å². The molecular weight excluding hydrogens is 231 g/mol. The molecule has 1 aromatic carbocycles. The molecule has 2 aliphatic rings. The molecule has 3 heteroatoms. The van der Waals surface area contributed by atoms with Crippen molar-refractivity contribution in [3.8, 4) is 5.75 Å². The summed E-state index contributed by atoms with van der Waals surface area (Å²) in [5, 5.41) is 0. The maximum absolute atomic E-state index is 13.2. The summed E-state index contributed by atoms with van der Waals surface area (Å²) in [7, 11) is 0. The smallest absolute Gasteiger partial charge is 0.170 e. The highest BCUT2D eigenvalue weighted by atomic mass is 19.1. The molecule has 2 atom stereocenters. The molecule has 0 spiro atoms. The zero-order chi connectivity index (χ0) is 12.5. The van der Waals surface area contributed by atoms with Crippen LogP contribution >= 0.6 is 0 Å². The number of halogens is 1. The summed E-state index contributed by atoms with van der Waals surface area (Å²) >= 11 is 0. The van der Waals surface area contributed by atoms with E-state index in [0.29, 0.717) is 23.7 Å². The highest BCUT2D eigenvalue weighted by Gasteiger charge is 2.32. The van der Waals surface area contributed by atoms with E-state index in [2.05, 4.69) is 12.2 Å². The van der Waals surface area contributed by atoms with E-state index in [1.807, 2.05) is 0 Å². The van der Waals surface area contributed by atoms with Gasteiger partial charge in [0.25, 0.3) is 0 Å². The molecule has 0 saturated heterocycles. The van der Waals surface area contributed by atoms with E-state index in [1.165, 1.54) is 18.2 Å². The van der Waals surface area contributed by atoms with Crippen molar-refractivity contribution in [1.29, 1.82) is 0 Å². The van der Waals surface area contributed by atoms with Crippen LogP contribution in [0.25, 0.3) is 0 Å². The molecule has 3 rings (SSSR count). The molecule has 1 aromatic rings. The molecule has 94 valence electrons. The fraction of sp³-hybridized carbons (Fsp3) is 0.400. The third kappa shape index (κ3) is 2.05. The van der Waals surface area contributed by atoms with Gasteiger partial charge in [0.2, 0.25) is 0 Å². The predicted octanol–water partition coefficient (Wildman–Crippen LogP) is 3.52. The number of ketones is 1. The summed E-state index contributed by atoms with van der Waals surface area (Å²) < 4.78 is 19.0. The zero-order valence-corrected chi connectivity index (χ0v) is 10.1. The van der Waals surface area contributed by atoms with Crippen LogP contribution in [-0.2, 0) is 0 Å². The number of carbonyl (C=O) groups is 1. The lowest BCUT2D eigenvalue weighted by molar-refractivity contribution is 0.0712. The molecule has 1 heterocycles. The number of benzene rings is 1. The van der Waals surface area contributed by atoms with Gasteiger partial charge in [-0.3, -0.25) is 4.79 Å². The summed E-state index contributed by atoms with van der Waals surface area (Å²) in [6.07, 6.45) is 7.64. The molecule has 2 unspecified atom stereocenters. The molecule has 0 fully saturated rings. The normalized spacial score (nSPS) is 26.6. The number of fused-ring (bicyclic) bond motifs is 1. The van der Waals surface area contributed by atoms with Crippen LogP contribution in [0, 0.1) is 11.7 Å². The monoisotopic (exact) mass is 246 g/mol. The van der Waals surface area contributed by atoms with Crippen molar-refractivity contribution in [2.75, 3.05) is 0 Å². The van der Waals surface area contributed by atoms with E-state index in [1.54, 1.807) is 0 Å². The number of carbonyl (C=O) groups excluding carboxylic acids is 1. The van der Waals surface area contributed by atoms with Crippen molar-refractivity contribution in [1.82, 2.24) is 0 Å². The molecule has 0 N–H and O–H groups in total. The highest BCUT2D eigenvalue weighted by Crippen LogP contribution is 2.34.